The van der Waals surface area contributed by atoms with Crippen molar-refractivity contribution in [3.8, 4) is 0 Å². The number of alkyl halides is 13. The van der Waals surface area contributed by atoms with Gasteiger partial charge in [0, 0.05) is 0 Å². The van der Waals surface area contributed by atoms with E-state index in [0.29, 0.717) is 0 Å². The summed E-state index contributed by atoms with van der Waals surface area (Å²) in [6.45, 7) is 0. The Morgan fingerprint density at radius 1 is 0.727 bits per heavy atom. The van der Waals surface area contributed by atoms with Crippen LogP contribution in [0.4, 0.5) is 52.7 Å². The molecule has 0 heterocycles. The van der Waals surface area contributed by atoms with Crippen LogP contribution in [0.1, 0.15) is 0 Å². The molecule has 14 heteroatoms. The Hall–Kier alpha value is -0.590. The van der Waals surface area contributed by atoms with Gasteiger partial charge in [-0.15, -0.1) is 0 Å². The largest absolute Gasteiger partial charge is 0.384 e. The lowest BCUT2D eigenvalue weighted by Crippen LogP contribution is -2.80. The Morgan fingerprint density at radius 3 is 1.32 bits per heavy atom. The van der Waals surface area contributed by atoms with Crippen LogP contribution in [-0.2, 0) is 4.74 Å². The summed E-state index contributed by atoms with van der Waals surface area (Å²) in [5.74, 6) is -41.2. The van der Waals surface area contributed by atoms with Crippen LogP contribution in [0.5, 0.6) is 0 Å². The summed E-state index contributed by atoms with van der Waals surface area (Å²) in [7, 11) is 0. The molecule has 0 bridgehead atoms. The normalized spacial score (nSPS) is 29.3. The molecule has 0 aromatic rings. The topological polar surface area (TPSA) is 9.23 Å². The summed E-state index contributed by atoms with van der Waals surface area (Å²) in [6, 6.07) is -1.84. The molecule has 0 saturated heterocycles. The smallest absolute Gasteiger partial charge is 0.304 e. The first-order valence-corrected chi connectivity index (χ1v) is 5.43. The first-order valence-electron chi connectivity index (χ1n) is 4.89. The third kappa shape index (κ3) is 2.00. The maximum absolute atomic E-state index is 13.2. The zero-order valence-electron chi connectivity index (χ0n) is 9.61. The van der Waals surface area contributed by atoms with E-state index in [1.165, 1.54) is 0 Å². The minimum absolute atomic E-state index is 1.84. The second kappa shape index (κ2) is 4.71. The molecule has 1 nitrogen and oxygen atoms in total. The molecule has 22 heavy (non-hydrogen) atoms. The van der Waals surface area contributed by atoms with Crippen molar-refractivity contribution in [2.24, 2.45) is 5.92 Å². The van der Waals surface area contributed by atoms with Gasteiger partial charge in [0.25, 0.3) is 0 Å². The van der Waals surface area contributed by atoms with Crippen LogP contribution in [-0.4, -0.2) is 41.8 Å². The SMILES string of the molecule is FC(F)(OCCl)C1C(F)(F)C(F)(F)C(F)(F)C(F)(F)C1(F)F. The fourth-order valence-electron chi connectivity index (χ4n) is 1.78. The molecular formula is C8H3ClF12O. The van der Waals surface area contributed by atoms with E-state index in [1.54, 1.807) is 0 Å². The van der Waals surface area contributed by atoms with E-state index >= 15 is 0 Å². The highest BCUT2D eigenvalue weighted by molar-refractivity contribution is 6.17. The zero-order chi connectivity index (χ0) is 18.0. The Labute approximate surface area is 118 Å². The van der Waals surface area contributed by atoms with Crippen molar-refractivity contribution in [2.45, 2.75) is 35.7 Å². The van der Waals surface area contributed by atoms with Crippen molar-refractivity contribution in [1.82, 2.24) is 0 Å². The van der Waals surface area contributed by atoms with Gasteiger partial charge in [0.15, 0.2) is 5.92 Å². The van der Waals surface area contributed by atoms with Crippen molar-refractivity contribution >= 4 is 11.6 Å². The molecule has 0 aliphatic heterocycles. The summed E-state index contributed by atoms with van der Waals surface area (Å²) in [5, 5.41) is 0. The molecule has 0 aromatic heterocycles. The summed E-state index contributed by atoms with van der Waals surface area (Å²) >= 11 is 4.47. The average molecular weight is 379 g/mol. The van der Waals surface area contributed by atoms with Crippen LogP contribution in [0.2, 0.25) is 0 Å². The van der Waals surface area contributed by atoms with Crippen molar-refractivity contribution in [3.63, 3.8) is 0 Å². The summed E-state index contributed by atoms with van der Waals surface area (Å²) < 4.78 is 159. The van der Waals surface area contributed by atoms with Crippen LogP contribution in [0.15, 0.2) is 0 Å². The van der Waals surface area contributed by atoms with Crippen molar-refractivity contribution < 1.29 is 57.4 Å². The lowest BCUT2D eigenvalue weighted by Gasteiger charge is -2.50. The highest BCUT2D eigenvalue weighted by atomic mass is 35.5. The van der Waals surface area contributed by atoms with Crippen LogP contribution in [0.25, 0.3) is 0 Å². The molecule has 1 aliphatic carbocycles. The van der Waals surface area contributed by atoms with Gasteiger partial charge in [-0.2, -0.15) is 52.7 Å². The van der Waals surface area contributed by atoms with Gasteiger partial charge in [-0.25, -0.2) is 0 Å². The number of ether oxygens (including phenoxy) is 1. The molecule has 132 valence electrons. The van der Waals surface area contributed by atoms with E-state index in [0.717, 1.165) is 0 Å². The van der Waals surface area contributed by atoms with Crippen LogP contribution in [0, 0.1) is 5.92 Å². The first-order chi connectivity index (χ1) is 9.43. The Morgan fingerprint density at radius 2 is 1.05 bits per heavy atom. The molecule has 0 spiro atoms. The second-order valence-electron chi connectivity index (χ2n) is 4.22. The molecule has 1 saturated carbocycles. The Bertz CT molecular complexity index is 416. The van der Waals surface area contributed by atoms with E-state index in [2.05, 4.69) is 16.3 Å². The quantitative estimate of drug-likeness (QED) is 0.515. The van der Waals surface area contributed by atoms with E-state index in [1.807, 2.05) is 0 Å². The Balaban J connectivity index is 3.70. The third-order valence-corrected chi connectivity index (χ3v) is 3.04. The number of halogens is 13. The molecule has 0 amide bonds. The predicted molar refractivity (Wildman–Crippen MR) is 45.0 cm³/mol. The standard InChI is InChI=1S/C8H3ClF12O/c9-1-22-5(14,15)2-3(10,11)6(16,17)8(20,21)7(18,19)4(2,12)13/h2H,1H2. The third-order valence-electron chi connectivity index (χ3n) is 2.93. The van der Waals surface area contributed by atoms with Gasteiger partial charge in [-0.05, 0) is 0 Å². The highest BCUT2D eigenvalue weighted by Gasteiger charge is 2.98. The average Bonchev–Trinajstić information content (AvgIpc) is 2.24. The first kappa shape index (κ1) is 19.5. The van der Waals surface area contributed by atoms with Gasteiger partial charge in [0.05, 0.1) is 0 Å². The van der Waals surface area contributed by atoms with E-state index in [9.17, 15) is 52.7 Å². The predicted octanol–water partition coefficient (Wildman–Crippen LogP) is 4.60. The van der Waals surface area contributed by atoms with Gasteiger partial charge in [0.1, 0.15) is 6.07 Å². The molecule has 0 unspecified atom stereocenters. The van der Waals surface area contributed by atoms with E-state index < -0.39 is 47.7 Å². The van der Waals surface area contributed by atoms with Gasteiger partial charge >= 0.3 is 35.7 Å². The monoisotopic (exact) mass is 378 g/mol. The van der Waals surface area contributed by atoms with Crippen molar-refractivity contribution in [2.75, 3.05) is 6.07 Å². The van der Waals surface area contributed by atoms with Crippen LogP contribution < -0.4 is 0 Å². The molecule has 1 fully saturated rings. The summed E-state index contributed by atoms with van der Waals surface area (Å²) in [6.07, 6.45) is -6.06. The second-order valence-corrected chi connectivity index (χ2v) is 4.44. The fourth-order valence-corrected chi connectivity index (χ4v) is 1.93. The minimum atomic E-state index is -7.31. The van der Waals surface area contributed by atoms with Crippen molar-refractivity contribution in [3.05, 3.63) is 0 Å². The summed E-state index contributed by atoms with van der Waals surface area (Å²) in [5.41, 5.74) is 0. The van der Waals surface area contributed by atoms with E-state index in [-0.39, 0.29) is 0 Å². The van der Waals surface area contributed by atoms with Crippen molar-refractivity contribution in [1.29, 1.82) is 0 Å². The molecule has 0 atom stereocenters. The van der Waals surface area contributed by atoms with Gasteiger partial charge in [-0.3, -0.25) is 0 Å². The highest BCUT2D eigenvalue weighted by Crippen LogP contribution is 2.69. The van der Waals surface area contributed by atoms with Gasteiger partial charge in [0.2, 0.25) is 0 Å². The number of hydrogen-bond acceptors (Lipinski definition) is 1. The molecule has 0 radical (unpaired) electrons. The molecular weight excluding hydrogens is 376 g/mol. The maximum atomic E-state index is 13.2. The maximum Gasteiger partial charge on any atom is 0.384 e. The summed E-state index contributed by atoms with van der Waals surface area (Å²) in [4.78, 5) is 0. The van der Waals surface area contributed by atoms with Gasteiger partial charge < -0.3 is 4.74 Å². The molecule has 0 N–H and O–H groups in total. The van der Waals surface area contributed by atoms with E-state index in [4.69, 9.17) is 0 Å². The Kier molecular flexibility index (Phi) is 4.16. The minimum Gasteiger partial charge on any atom is -0.304 e. The van der Waals surface area contributed by atoms with Crippen LogP contribution >= 0.6 is 11.6 Å². The fraction of sp³-hybridized carbons (Fsp3) is 1.00. The molecule has 1 rings (SSSR count). The lowest BCUT2D eigenvalue weighted by molar-refractivity contribution is -0.496. The lowest BCUT2D eigenvalue weighted by atomic mass is 9.74. The molecule has 1 aliphatic rings. The van der Waals surface area contributed by atoms with Gasteiger partial charge in [-0.1, -0.05) is 11.6 Å². The molecule has 0 aromatic carbocycles. The number of rotatable bonds is 3. The number of hydrogen-bond donors (Lipinski definition) is 0. The van der Waals surface area contributed by atoms with Crippen LogP contribution in [0.3, 0.4) is 0 Å². The zero-order valence-corrected chi connectivity index (χ0v) is 10.4.